The first kappa shape index (κ1) is 17.8. The summed E-state index contributed by atoms with van der Waals surface area (Å²) in [6, 6.07) is 7.93. The first-order valence-electron chi connectivity index (χ1n) is 8.77. The number of aryl methyl sites for hydroxylation is 1. The summed E-state index contributed by atoms with van der Waals surface area (Å²) in [5, 5.41) is 28.7. The Morgan fingerprint density at radius 1 is 1.43 bits per heavy atom. The second-order valence-corrected chi connectivity index (χ2v) is 6.51. The van der Waals surface area contributed by atoms with Crippen LogP contribution in [0.1, 0.15) is 36.1 Å². The third-order valence-electron chi connectivity index (χ3n) is 4.64. The number of benzene rings is 1. The van der Waals surface area contributed by atoms with Crippen LogP contribution in [0.5, 0.6) is 0 Å². The molecule has 0 amide bonds. The van der Waals surface area contributed by atoms with Crippen molar-refractivity contribution in [3.8, 4) is 6.07 Å². The fourth-order valence-corrected chi connectivity index (χ4v) is 3.40. The number of methoxy groups -OCH3 is 1. The summed E-state index contributed by atoms with van der Waals surface area (Å²) in [5.74, 6) is 1.96. The number of hydrogen-bond acceptors (Lipinski definition) is 8. The Labute approximate surface area is 159 Å². The van der Waals surface area contributed by atoms with Crippen molar-refractivity contribution in [1.29, 1.82) is 5.26 Å². The van der Waals surface area contributed by atoms with Crippen LogP contribution in [0, 0.1) is 21.4 Å². The van der Waals surface area contributed by atoms with Gasteiger partial charge in [-0.1, -0.05) is 0 Å². The monoisotopic (exact) mass is 379 g/mol. The molecule has 0 spiro atoms. The lowest BCUT2D eigenvalue weighted by atomic mass is 10.1. The molecule has 0 fully saturated rings. The summed E-state index contributed by atoms with van der Waals surface area (Å²) in [6.07, 6.45) is 1.79. The lowest BCUT2D eigenvalue weighted by Crippen LogP contribution is -2.23. The molecule has 142 valence electrons. The van der Waals surface area contributed by atoms with Crippen molar-refractivity contribution in [2.45, 2.75) is 32.0 Å². The van der Waals surface area contributed by atoms with Gasteiger partial charge in [-0.25, -0.2) is 14.6 Å². The number of fused-ring (bicyclic) bond motifs is 2. The maximum Gasteiger partial charge on any atom is 0.270 e. The van der Waals surface area contributed by atoms with Gasteiger partial charge >= 0.3 is 0 Å². The predicted molar refractivity (Wildman–Crippen MR) is 99.4 cm³/mol. The molecule has 3 heterocycles. The largest absolute Gasteiger partial charge is 0.377 e. The van der Waals surface area contributed by atoms with Crippen molar-refractivity contribution in [2.24, 2.45) is 0 Å². The molecule has 1 aliphatic heterocycles. The van der Waals surface area contributed by atoms with Crippen LogP contribution in [0.15, 0.2) is 24.3 Å². The molecule has 0 saturated carbocycles. The van der Waals surface area contributed by atoms with Crippen LogP contribution in [-0.4, -0.2) is 31.8 Å². The lowest BCUT2D eigenvalue weighted by molar-refractivity contribution is -0.384. The van der Waals surface area contributed by atoms with Gasteiger partial charge in [-0.2, -0.15) is 10.4 Å². The quantitative estimate of drug-likeness (QED) is 0.528. The highest BCUT2D eigenvalue weighted by atomic mass is 16.6. The number of aromatic nitrogens is 4. The van der Waals surface area contributed by atoms with Gasteiger partial charge in [-0.3, -0.25) is 10.1 Å². The number of non-ortho nitro benzene ring substituents is 1. The Balaban J connectivity index is 1.69. The van der Waals surface area contributed by atoms with Crippen LogP contribution in [0.4, 0.5) is 11.5 Å². The van der Waals surface area contributed by atoms with Crippen LogP contribution < -0.4 is 5.32 Å². The third-order valence-corrected chi connectivity index (χ3v) is 4.64. The fourth-order valence-electron chi connectivity index (χ4n) is 3.40. The normalized spacial score (nSPS) is 15.8. The maximum absolute atomic E-state index is 11.0. The molecule has 0 radical (unpaired) electrons. The molecule has 4 rings (SSSR count). The van der Waals surface area contributed by atoms with Crippen LogP contribution in [0.2, 0.25) is 0 Å². The van der Waals surface area contributed by atoms with Gasteiger partial charge in [0.15, 0.2) is 5.82 Å². The summed E-state index contributed by atoms with van der Waals surface area (Å²) in [4.78, 5) is 19.6. The number of nitrogens with zero attached hydrogens (tertiary/aromatic N) is 6. The smallest absolute Gasteiger partial charge is 0.270 e. The van der Waals surface area contributed by atoms with Crippen LogP contribution in [0.25, 0.3) is 10.9 Å². The molecule has 3 aromatic rings. The lowest BCUT2D eigenvalue weighted by Gasteiger charge is -2.23. The van der Waals surface area contributed by atoms with Crippen molar-refractivity contribution < 1.29 is 9.66 Å². The highest BCUT2D eigenvalue weighted by molar-refractivity contribution is 5.88. The number of ether oxygens (including phenoxy) is 1. The Bertz CT molecular complexity index is 1100. The van der Waals surface area contributed by atoms with E-state index in [-0.39, 0.29) is 11.7 Å². The minimum atomic E-state index is -0.487. The van der Waals surface area contributed by atoms with Gasteiger partial charge in [-0.15, -0.1) is 0 Å². The molecule has 1 N–H and O–H groups in total. The second kappa shape index (κ2) is 7.21. The van der Waals surface area contributed by atoms with E-state index >= 15 is 0 Å². The SMILES string of the molecule is COCc1nc2n(n1)CCCC2Nc1cc(C#N)c2cc([N+](=O)[O-])ccc2n1. The zero-order valence-corrected chi connectivity index (χ0v) is 15.1. The number of nitro benzene ring substituents is 1. The van der Waals surface area contributed by atoms with Gasteiger partial charge in [0.2, 0.25) is 0 Å². The van der Waals surface area contributed by atoms with E-state index in [0.29, 0.717) is 34.7 Å². The molecule has 10 heteroatoms. The molecule has 1 unspecified atom stereocenters. The van der Waals surface area contributed by atoms with Gasteiger partial charge in [0.25, 0.3) is 5.69 Å². The number of hydrogen-bond donors (Lipinski definition) is 1. The molecule has 1 aliphatic rings. The van der Waals surface area contributed by atoms with E-state index in [2.05, 4.69) is 26.5 Å². The standard InChI is InChI=1S/C18H17N7O3/c1-28-10-17-22-18-15(3-2-6-24(18)23-17)21-16-7-11(9-19)13-8-12(25(26)27)4-5-14(13)20-16/h4-5,7-8,15H,2-3,6,10H2,1H3,(H,20,21). The van der Waals surface area contributed by atoms with Gasteiger partial charge in [0.1, 0.15) is 18.2 Å². The number of rotatable bonds is 5. The molecule has 0 aliphatic carbocycles. The Morgan fingerprint density at radius 3 is 3.04 bits per heavy atom. The number of nitro groups is 1. The maximum atomic E-state index is 11.0. The Hall–Kier alpha value is -3.58. The van der Waals surface area contributed by atoms with Crippen LogP contribution in [-0.2, 0) is 17.9 Å². The molecule has 1 aromatic carbocycles. The van der Waals surface area contributed by atoms with E-state index < -0.39 is 4.92 Å². The summed E-state index contributed by atoms with van der Waals surface area (Å²) in [6.45, 7) is 1.14. The number of nitriles is 1. The van der Waals surface area contributed by atoms with Gasteiger partial charge in [-0.05, 0) is 25.0 Å². The van der Waals surface area contributed by atoms with E-state index in [1.807, 2.05) is 4.68 Å². The predicted octanol–water partition coefficient (Wildman–Crippen LogP) is 2.70. The van der Waals surface area contributed by atoms with E-state index in [4.69, 9.17) is 4.74 Å². The molecule has 2 aromatic heterocycles. The van der Waals surface area contributed by atoms with Crippen molar-refractivity contribution in [3.05, 3.63) is 51.6 Å². The third kappa shape index (κ3) is 3.23. The minimum absolute atomic E-state index is 0.0717. The van der Waals surface area contributed by atoms with Crippen molar-refractivity contribution in [3.63, 3.8) is 0 Å². The molecule has 1 atom stereocenters. The van der Waals surface area contributed by atoms with E-state index in [9.17, 15) is 15.4 Å². The van der Waals surface area contributed by atoms with Gasteiger partial charge < -0.3 is 10.1 Å². The number of pyridine rings is 1. The Kier molecular flexibility index (Phi) is 4.58. The second-order valence-electron chi connectivity index (χ2n) is 6.51. The molecular weight excluding hydrogens is 362 g/mol. The average molecular weight is 379 g/mol. The number of anilines is 1. The van der Waals surface area contributed by atoms with Crippen LogP contribution in [0.3, 0.4) is 0 Å². The first-order chi connectivity index (χ1) is 13.6. The van der Waals surface area contributed by atoms with E-state index in [1.165, 1.54) is 12.1 Å². The molecular formula is C18H17N7O3. The highest BCUT2D eigenvalue weighted by Crippen LogP contribution is 2.30. The highest BCUT2D eigenvalue weighted by Gasteiger charge is 2.25. The van der Waals surface area contributed by atoms with Crippen molar-refractivity contribution in [2.75, 3.05) is 12.4 Å². The molecule has 10 nitrogen and oxygen atoms in total. The minimum Gasteiger partial charge on any atom is -0.377 e. The fraction of sp³-hybridized carbons (Fsp3) is 0.333. The first-order valence-corrected chi connectivity index (χ1v) is 8.77. The summed E-state index contributed by atoms with van der Waals surface area (Å²) in [7, 11) is 1.60. The van der Waals surface area contributed by atoms with Crippen molar-refractivity contribution in [1.82, 2.24) is 19.7 Å². The molecule has 0 bridgehead atoms. The zero-order chi connectivity index (χ0) is 19.7. The summed E-state index contributed by atoms with van der Waals surface area (Å²) >= 11 is 0. The topological polar surface area (TPSA) is 132 Å². The van der Waals surface area contributed by atoms with E-state index in [0.717, 1.165) is 25.2 Å². The van der Waals surface area contributed by atoms with Gasteiger partial charge in [0, 0.05) is 31.2 Å². The van der Waals surface area contributed by atoms with E-state index in [1.54, 1.807) is 19.2 Å². The number of nitrogens with one attached hydrogen (secondary N) is 1. The summed E-state index contributed by atoms with van der Waals surface area (Å²) < 4.78 is 6.98. The van der Waals surface area contributed by atoms with Crippen LogP contribution >= 0.6 is 0 Å². The van der Waals surface area contributed by atoms with Gasteiger partial charge in [0.05, 0.1) is 28.1 Å². The zero-order valence-electron chi connectivity index (χ0n) is 15.1. The summed E-state index contributed by atoms with van der Waals surface area (Å²) in [5.41, 5.74) is 0.774. The van der Waals surface area contributed by atoms with Crippen molar-refractivity contribution >= 4 is 22.4 Å². The average Bonchev–Trinajstić information content (AvgIpc) is 3.11. The molecule has 0 saturated heterocycles. The Morgan fingerprint density at radius 2 is 2.29 bits per heavy atom. The molecule has 28 heavy (non-hydrogen) atoms.